The van der Waals surface area contributed by atoms with Crippen molar-refractivity contribution in [3.8, 4) is 5.75 Å². The second kappa shape index (κ2) is 6.61. The minimum atomic E-state index is -0.225. The van der Waals surface area contributed by atoms with Crippen LogP contribution in [0.5, 0.6) is 5.75 Å². The summed E-state index contributed by atoms with van der Waals surface area (Å²) < 4.78 is 5.14. The summed E-state index contributed by atoms with van der Waals surface area (Å²) in [5.41, 5.74) is 2.93. The van der Waals surface area contributed by atoms with Gasteiger partial charge in [0.15, 0.2) is 0 Å². The van der Waals surface area contributed by atoms with Crippen LogP contribution in [0.4, 0.5) is 10.5 Å². The van der Waals surface area contributed by atoms with E-state index < -0.39 is 0 Å². The van der Waals surface area contributed by atoms with E-state index in [9.17, 15) is 4.79 Å². The maximum atomic E-state index is 11.8. The lowest BCUT2D eigenvalue weighted by Crippen LogP contribution is -2.28. The molecule has 0 saturated heterocycles. The molecule has 0 unspecified atom stereocenters. The normalized spacial score (nSPS) is 9.90. The molecule has 4 nitrogen and oxygen atoms in total. The zero-order valence-electron chi connectivity index (χ0n) is 11.6. The van der Waals surface area contributed by atoms with E-state index in [0.717, 1.165) is 22.6 Å². The highest BCUT2D eigenvalue weighted by molar-refractivity contribution is 5.89. The van der Waals surface area contributed by atoms with Crippen LogP contribution in [0.2, 0.25) is 0 Å². The van der Waals surface area contributed by atoms with Gasteiger partial charge in [-0.25, -0.2) is 4.79 Å². The van der Waals surface area contributed by atoms with Gasteiger partial charge in [-0.15, -0.1) is 0 Å². The van der Waals surface area contributed by atoms with Gasteiger partial charge in [0, 0.05) is 12.2 Å². The van der Waals surface area contributed by atoms with E-state index >= 15 is 0 Å². The van der Waals surface area contributed by atoms with E-state index in [1.807, 2.05) is 55.5 Å². The Morgan fingerprint density at radius 2 is 1.90 bits per heavy atom. The molecule has 0 atom stereocenters. The van der Waals surface area contributed by atoms with Gasteiger partial charge in [-0.1, -0.05) is 29.8 Å². The van der Waals surface area contributed by atoms with Gasteiger partial charge < -0.3 is 15.4 Å². The molecule has 20 heavy (non-hydrogen) atoms. The van der Waals surface area contributed by atoms with Crippen LogP contribution in [-0.2, 0) is 6.54 Å². The molecule has 0 saturated carbocycles. The summed E-state index contributed by atoms with van der Waals surface area (Å²) in [6, 6.07) is 15.0. The van der Waals surface area contributed by atoms with E-state index in [1.54, 1.807) is 7.11 Å². The average Bonchev–Trinajstić information content (AvgIpc) is 2.48. The van der Waals surface area contributed by atoms with Gasteiger partial charge in [0.2, 0.25) is 0 Å². The summed E-state index contributed by atoms with van der Waals surface area (Å²) in [6.07, 6.45) is 0. The second-order valence-electron chi connectivity index (χ2n) is 4.53. The third-order valence-electron chi connectivity index (χ3n) is 2.90. The van der Waals surface area contributed by atoms with Crippen molar-refractivity contribution >= 4 is 11.7 Å². The highest BCUT2D eigenvalue weighted by Crippen LogP contribution is 2.12. The molecule has 104 valence electrons. The van der Waals surface area contributed by atoms with Crippen molar-refractivity contribution in [3.05, 3.63) is 59.7 Å². The molecule has 0 heterocycles. The molecule has 0 bridgehead atoms. The second-order valence-corrected chi connectivity index (χ2v) is 4.53. The Morgan fingerprint density at radius 3 is 2.60 bits per heavy atom. The third kappa shape index (κ3) is 4.02. The SMILES string of the molecule is COc1cccc(CNC(=O)Nc2ccc(C)cc2)c1. The minimum Gasteiger partial charge on any atom is -0.497 e. The van der Waals surface area contributed by atoms with Crippen molar-refractivity contribution in [1.29, 1.82) is 0 Å². The van der Waals surface area contributed by atoms with Crippen LogP contribution in [0.1, 0.15) is 11.1 Å². The van der Waals surface area contributed by atoms with Gasteiger partial charge in [0.25, 0.3) is 0 Å². The molecule has 2 rings (SSSR count). The first-order valence-corrected chi connectivity index (χ1v) is 6.42. The Kier molecular flexibility index (Phi) is 4.60. The number of benzene rings is 2. The molecule has 2 aromatic carbocycles. The predicted molar refractivity (Wildman–Crippen MR) is 80.0 cm³/mol. The first kappa shape index (κ1) is 13.9. The number of aryl methyl sites for hydroxylation is 1. The zero-order chi connectivity index (χ0) is 14.4. The number of methoxy groups -OCH3 is 1. The molecule has 0 radical (unpaired) electrons. The van der Waals surface area contributed by atoms with Crippen molar-refractivity contribution in [2.24, 2.45) is 0 Å². The lowest BCUT2D eigenvalue weighted by atomic mass is 10.2. The van der Waals surface area contributed by atoms with Crippen molar-refractivity contribution in [2.45, 2.75) is 13.5 Å². The van der Waals surface area contributed by atoms with Gasteiger partial charge >= 0.3 is 6.03 Å². The number of urea groups is 1. The topological polar surface area (TPSA) is 50.4 Å². The van der Waals surface area contributed by atoms with Crippen molar-refractivity contribution in [3.63, 3.8) is 0 Å². The summed E-state index contributed by atoms with van der Waals surface area (Å²) in [6.45, 7) is 2.46. The number of hydrogen-bond donors (Lipinski definition) is 2. The predicted octanol–water partition coefficient (Wildman–Crippen LogP) is 3.33. The van der Waals surface area contributed by atoms with Crippen LogP contribution in [0.15, 0.2) is 48.5 Å². The average molecular weight is 270 g/mol. The number of hydrogen-bond acceptors (Lipinski definition) is 2. The number of nitrogens with one attached hydrogen (secondary N) is 2. The largest absolute Gasteiger partial charge is 0.497 e. The summed E-state index contributed by atoms with van der Waals surface area (Å²) in [5, 5.41) is 5.59. The number of carbonyl (C=O) groups excluding carboxylic acids is 1. The lowest BCUT2D eigenvalue weighted by Gasteiger charge is -2.09. The molecule has 0 aliphatic carbocycles. The molecular formula is C16H18N2O2. The fourth-order valence-electron chi connectivity index (χ4n) is 1.78. The van der Waals surface area contributed by atoms with Gasteiger partial charge in [-0.3, -0.25) is 0 Å². The maximum Gasteiger partial charge on any atom is 0.319 e. The molecule has 0 spiro atoms. The molecule has 2 amide bonds. The van der Waals surface area contributed by atoms with E-state index in [0.29, 0.717) is 6.54 Å². The van der Waals surface area contributed by atoms with Gasteiger partial charge in [-0.05, 0) is 36.8 Å². The van der Waals surface area contributed by atoms with E-state index in [4.69, 9.17) is 4.74 Å². The molecule has 2 N–H and O–H groups in total. The van der Waals surface area contributed by atoms with Crippen LogP contribution < -0.4 is 15.4 Å². The molecule has 4 heteroatoms. The van der Waals surface area contributed by atoms with Crippen LogP contribution >= 0.6 is 0 Å². The van der Waals surface area contributed by atoms with Gasteiger partial charge in [0.1, 0.15) is 5.75 Å². The van der Waals surface area contributed by atoms with Crippen LogP contribution in [0.25, 0.3) is 0 Å². The molecule has 0 fully saturated rings. The monoisotopic (exact) mass is 270 g/mol. The first-order valence-electron chi connectivity index (χ1n) is 6.42. The van der Waals surface area contributed by atoms with Crippen molar-refractivity contribution in [1.82, 2.24) is 5.32 Å². The van der Waals surface area contributed by atoms with Gasteiger partial charge in [-0.2, -0.15) is 0 Å². The smallest absolute Gasteiger partial charge is 0.319 e. The zero-order valence-corrected chi connectivity index (χ0v) is 11.6. The minimum absolute atomic E-state index is 0.225. The number of anilines is 1. The highest BCUT2D eigenvalue weighted by Gasteiger charge is 2.02. The Labute approximate surface area is 118 Å². The van der Waals surface area contributed by atoms with Crippen LogP contribution in [-0.4, -0.2) is 13.1 Å². The summed E-state index contributed by atoms with van der Waals surface area (Å²) in [5.74, 6) is 0.781. The molecule has 0 aromatic heterocycles. The third-order valence-corrected chi connectivity index (χ3v) is 2.90. The number of carbonyl (C=O) groups is 1. The van der Waals surface area contributed by atoms with Crippen LogP contribution in [0.3, 0.4) is 0 Å². The van der Waals surface area contributed by atoms with E-state index in [2.05, 4.69) is 10.6 Å². The summed E-state index contributed by atoms with van der Waals surface area (Å²) in [7, 11) is 1.62. The van der Waals surface area contributed by atoms with E-state index in [1.165, 1.54) is 0 Å². The quantitative estimate of drug-likeness (QED) is 0.895. The summed E-state index contributed by atoms with van der Waals surface area (Å²) in [4.78, 5) is 11.8. The first-order chi connectivity index (χ1) is 9.67. The standard InChI is InChI=1S/C16H18N2O2/c1-12-6-8-14(9-7-12)18-16(19)17-11-13-4-3-5-15(10-13)20-2/h3-10H,11H2,1-2H3,(H2,17,18,19). The Balaban J connectivity index is 1.87. The number of amides is 2. The Morgan fingerprint density at radius 1 is 1.15 bits per heavy atom. The molecular weight excluding hydrogens is 252 g/mol. The van der Waals surface area contributed by atoms with Crippen molar-refractivity contribution in [2.75, 3.05) is 12.4 Å². The molecule has 2 aromatic rings. The highest BCUT2D eigenvalue weighted by atomic mass is 16.5. The number of ether oxygens (including phenoxy) is 1. The van der Waals surface area contributed by atoms with Gasteiger partial charge in [0.05, 0.1) is 7.11 Å². The lowest BCUT2D eigenvalue weighted by molar-refractivity contribution is 0.251. The molecule has 0 aliphatic rings. The maximum absolute atomic E-state index is 11.8. The fourth-order valence-corrected chi connectivity index (χ4v) is 1.78. The Hall–Kier alpha value is -2.49. The Bertz CT molecular complexity index is 579. The molecule has 0 aliphatic heterocycles. The fraction of sp³-hybridized carbons (Fsp3) is 0.188. The van der Waals surface area contributed by atoms with Crippen molar-refractivity contribution < 1.29 is 9.53 Å². The number of rotatable bonds is 4. The summed E-state index contributed by atoms with van der Waals surface area (Å²) >= 11 is 0. The van der Waals surface area contributed by atoms with E-state index in [-0.39, 0.29) is 6.03 Å². The van der Waals surface area contributed by atoms with Crippen LogP contribution in [0, 0.1) is 6.92 Å².